The standard InChI is InChI=1S/C5H9NS/c1-4(6)3-5(2)7/h3,7H,1,6H2,2H3/b5-3-. The van der Waals surface area contributed by atoms with Gasteiger partial charge >= 0.3 is 0 Å². The molecule has 2 heteroatoms. The van der Waals surface area contributed by atoms with E-state index in [1.807, 2.05) is 6.92 Å². The highest BCUT2D eigenvalue weighted by atomic mass is 32.1. The molecule has 0 aromatic heterocycles. The Balaban J connectivity index is 3.68. The van der Waals surface area contributed by atoms with Crippen LogP contribution >= 0.6 is 12.6 Å². The van der Waals surface area contributed by atoms with Gasteiger partial charge in [0.05, 0.1) is 0 Å². The largest absolute Gasteiger partial charge is 0.399 e. The average molecular weight is 115 g/mol. The summed E-state index contributed by atoms with van der Waals surface area (Å²) in [6.07, 6.45) is 1.70. The molecule has 0 fully saturated rings. The Labute approximate surface area is 49.3 Å². The van der Waals surface area contributed by atoms with Gasteiger partial charge in [0.15, 0.2) is 0 Å². The van der Waals surface area contributed by atoms with Crippen molar-refractivity contribution in [2.24, 2.45) is 5.73 Å². The number of hydrogen-bond acceptors (Lipinski definition) is 2. The summed E-state index contributed by atoms with van der Waals surface area (Å²) in [7, 11) is 0. The first-order valence-electron chi connectivity index (χ1n) is 1.94. The molecule has 0 spiro atoms. The minimum absolute atomic E-state index is 0.549. The normalized spacial score (nSPS) is 11.4. The van der Waals surface area contributed by atoms with Gasteiger partial charge in [-0.2, -0.15) is 0 Å². The predicted octanol–water partition coefficient (Wildman–Crippen LogP) is 1.29. The van der Waals surface area contributed by atoms with Crippen LogP contribution in [0.2, 0.25) is 0 Å². The van der Waals surface area contributed by atoms with Gasteiger partial charge in [0.2, 0.25) is 0 Å². The molecule has 0 bridgehead atoms. The molecule has 0 saturated heterocycles. The molecule has 2 N–H and O–H groups in total. The summed E-state index contributed by atoms with van der Waals surface area (Å²) >= 11 is 3.96. The molecule has 0 radical (unpaired) electrons. The highest BCUT2D eigenvalue weighted by molar-refractivity contribution is 7.84. The Hall–Kier alpha value is -0.370. The van der Waals surface area contributed by atoms with Gasteiger partial charge in [-0.25, -0.2) is 0 Å². The van der Waals surface area contributed by atoms with E-state index in [4.69, 9.17) is 5.73 Å². The monoisotopic (exact) mass is 115 g/mol. The van der Waals surface area contributed by atoms with E-state index in [1.54, 1.807) is 6.08 Å². The van der Waals surface area contributed by atoms with E-state index < -0.39 is 0 Å². The van der Waals surface area contributed by atoms with E-state index >= 15 is 0 Å². The minimum atomic E-state index is 0.549. The molecule has 0 heterocycles. The molecule has 0 rings (SSSR count). The summed E-state index contributed by atoms with van der Waals surface area (Å²) < 4.78 is 0. The topological polar surface area (TPSA) is 26.0 Å². The first-order valence-corrected chi connectivity index (χ1v) is 2.39. The van der Waals surface area contributed by atoms with Crippen LogP contribution in [0.25, 0.3) is 0 Å². The lowest BCUT2D eigenvalue weighted by Gasteiger charge is -1.85. The van der Waals surface area contributed by atoms with Gasteiger partial charge in [0.25, 0.3) is 0 Å². The molecule has 0 atom stereocenters. The van der Waals surface area contributed by atoms with Gasteiger partial charge in [-0.15, -0.1) is 12.6 Å². The molecular formula is C5H9NS. The van der Waals surface area contributed by atoms with E-state index in [2.05, 4.69) is 19.2 Å². The maximum atomic E-state index is 5.17. The van der Waals surface area contributed by atoms with Crippen LogP contribution in [0.3, 0.4) is 0 Å². The molecular weight excluding hydrogens is 106 g/mol. The number of nitrogens with two attached hydrogens (primary N) is 1. The second-order valence-electron chi connectivity index (χ2n) is 1.36. The summed E-state index contributed by atoms with van der Waals surface area (Å²) in [4.78, 5) is 0.882. The SMILES string of the molecule is C=C(N)/C=C(/C)S. The average Bonchev–Trinajstić information content (AvgIpc) is 1.27. The lowest BCUT2D eigenvalue weighted by molar-refractivity contribution is 1.43. The first kappa shape index (κ1) is 6.63. The second-order valence-corrected chi connectivity index (χ2v) is 2.07. The molecule has 1 nitrogen and oxygen atoms in total. The van der Waals surface area contributed by atoms with Crippen LogP contribution in [-0.2, 0) is 0 Å². The van der Waals surface area contributed by atoms with E-state index in [1.165, 1.54) is 0 Å². The van der Waals surface area contributed by atoms with Crippen molar-refractivity contribution in [2.45, 2.75) is 6.92 Å². The fraction of sp³-hybridized carbons (Fsp3) is 0.200. The molecule has 40 valence electrons. The smallest absolute Gasteiger partial charge is 0.0248 e. The van der Waals surface area contributed by atoms with Crippen LogP contribution in [0.1, 0.15) is 6.92 Å². The number of rotatable bonds is 1. The van der Waals surface area contributed by atoms with Gasteiger partial charge in [-0.1, -0.05) is 6.58 Å². The number of allylic oxidation sites excluding steroid dienone is 2. The van der Waals surface area contributed by atoms with Crippen molar-refractivity contribution in [1.82, 2.24) is 0 Å². The van der Waals surface area contributed by atoms with Crippen molar-refractivity contribution in [1.29, 1.82) is 0 Å². The highest BCUT2D eigenvalue weighted by Gasteiger charge is 1.75. The zero-order valence-corrected chi connectivity index (χ0v) is 5.20. The van der Waals surface area contributed by atoms with Gasteiger partial charge in [-0.05, 0) is 17.9 Å². The summed E-state index contributed by atoms with van der Waals surface area (Å²) in [5.41, 5.74) is 5.72. The van der Waals surface area contributed by atoms with Gasteiger partial charge in [0.1, 0.15) is 0 Å². The van der Waals surface area contributed by atoms with Gasteiger partial charge < -0.3 is 5.73 Å². The van der Waals surface area contributed by atoms with Crippen molar-refractivity contribution < 1.29 is 0 Å². The summed E-state index contributed by atoms with van der Waals surface area (Å²) in [6.45, 7) is 5.30. The Morgan fingerprint density at radius 2 is 2.29 bits per heavy atom. The summed E-state index contributed by atoms with van der Waals surface area (Å²) in [6, 6.07) is 0. The van der Waals surface area contributed by atoms with Crippen molar-refractivity contribution in [3.05, 3.63) is 23.3 Å². The van der Waals surface area contributed by atoms with Crippen LogP contribution in [-0.4, -0.2) is 0 Å². The lowest BCUT2D eigenvalue weighted by atomic mass is 10.4. The zero-order valence-electron chi connectivity index (χ0n) is 4.31. The van der Waals surface area contributed by atoms with Crippen LogP contribution in [0.5, 0.6) is 0 Å². The van der Waals surface area contributed by atoms with Crippen molar-refractivity contribution in [3.63, 3.8) is 0 Å². The molecule has 0 aromatic rings. The third-order valence-electron chi connectivity index (χ3n) is 0.394. The Morgan fingerprint density at radius 3 is 2.29 bits per heavy atom. The van der Waals surface area contributed by atoms with Crippen LogP contribution in [0.4, 0.5) is 0 Å². The van der Waals surface area contributed by atoms with E-state index in [9.17, 15) is 0 Å². The molecule has 0 aromatic carbocycles. The van der Waals surface area contributed by atoms with Crippen LogP contribution < -0.4 is 5.73 Å². The van der Waals surface area contributed by atoms with E-state index in [-0.39, 0.29) is 0 Å². The fourth-order valence-corrected chi connectivity index (χ4v) is 0.434. The summed E-state index contributed by atoms with van der Waals surface area (Å²) in [5, 5.41) is 0. The maximum absolute atomic E-state index is 5.17. The third kappa shape index (κ3) is 5.63. The Bertz CT molecular complexity index is 101. The number of thiol groups is 1. The van der Waals surface area contributed by atoms with Crippen molar-refractivity contribution in [3.8, 4) is 0 Å². The Morgan fingerprint density at radius 1 is 1.86 bits per heavy atom. The highest BCUT2D eigenvalue weighted by Crippen LogP contribution is 1.97. The quantitative estimate of drug-likeness (QED) is 0.391. The molecule has 7 heavy (non-hydrogen) atoms. The number of hydrogen-bond donors (Lipinski definition) is 2. The second kappa shape index (κ2) is 2.75. The Kier molecular flexibility index (Phi) is 2.60. The minimum Gasteiger partial charge on any atom is -0.399 e. The van der Waals surface area contributed by atoms with Crippen molar-refractivity contribution in [2.75, 3.05) is 0 Å². The lowest BCUT2D eigenvalue weighted by Crippen LogP contribution is -1.88. The van der Waals surface area contributed by atoms with Gasteiger partial charge in [-0.3, -0.25) is 0 Å². The molecule has 0 aliphatic heterocycles. The molecule has 0 amide bonds. The predicted molar refractivity (Wildman–Crippen MR) is 36.1 cm³/mol. The van der Waals surface area contributed by atoms with Crippen LogP contribution in [0.15, 0.2) is 23.3 Å². The van der Waals surface area contributed by atoms with E-state index in [0.717, 1.165) is 4.91 Å². The third-order valence-corrected chi connectivity index (χ3v) is 0.523. The molecule has 0 unspecified atom stereocenters. The van der Waals surface area contributed by atoms with Gasteiger partial charge in [0, 0.05) is 5.70 Å². The molecule has 0 saturated carbocycles. The van der Waals surface area contributed by atoms with E-state index in [0.29, 0.717) is 5.70 Å². The first-order chi connectivity index (χ1) is 3.13. The van der Waals surface area contributed by atoms with Crippen LogP contribution in [0, 0.1) is 0 Å². The summed E-state index contributed by atoms with van der Waals surface area (Å²) in [5.74, 6) is 0. The fourth-order valence-electron chi connectivity index (χ4n) is 0.268. The van der Waals surface area contributed by atoms with Crippen molar-refractivity contribution >= 4 is 12.6 Å². The maximum Gasteiger partial charge on any atom is 0.0248 e. The zero-order chi connectivity index (χ0) is 5.86. The molecule has 0 aliphatic rings. The molecule has 0 aliphatic carbocycles.